The second kappa shape index (κ2) is 11.3. The van der Waals surface area contributed by atoms with Crippen molar-refractivity contribution in [3.8, 4) is 11.5 Å². The van der Waals surface area contributed by atoms with Crippen LogP contribution in [0, 0.1) is 0 Å². The van der Waals surface area contributed by atoms with Crippen molar-refractivity contribution < 1.29 is 24.2 Å². The molecule has 6 nitrogen and oxygen atoms in total. The van der Waals surface area contributed by atoms with Crippen molar-refractivity contribution in [1.82, 2.24) is 5.32 Å². The van der Waals surface area contributed by atoms with E-state index < -0.39 is 5.97 Å². The van der Waals surface area contributed by atoms with Crippen LogP contribution in [0.15, 0.2) is 18.2 Å². The quantitative estimate of drug-likeness (QED) is 0.584. The third kappa shape index (κ3) is 7.85. The Morgan fingerprint density at radius 1 is 1.12 bits per heavy atom. The Morgan fingerprint density at radius 2 is 1.92 bits per heavy atom. The maximum Gasteiger partial charge on any atom is 0.220 e. The minimum atomic E-state index is -1.22. The molecule has 0 aliphatic heterocycles. The second-order valence-corrected chi connectivity index (χ2v) is 5.39. The highest BCUT2D eigenvalue weighted by Gasteiger charge is 2.07. The molecule has 1 rings (SSSR count). The number of carbonyl (C=O) groups is 2. The van der Waals surface area contributed by atoms with Gasteiger partial charge in [0.2, 0.25) is 5.91 Å². The number of carboxylic acid groups (broad SMARTS) is 1. The van der Waals surface area contributed by atoms with Crippen LogP contribution in [0.3, 0.4) is 0 Å². The van der Waals surface area contributed by atoms with E-state index in [9.17, 15) is 14.7 Å². The number of aliphatic carboxylic acids is 1. The van der Waals surface area contributed by atoms with E-state index in [0.29, 0.717) is 31.9 Å². The minimum Gasteiger partial charge on any atom is -0.550 e. The molecule has 0 heterocycles. The Balaban J connectivity index is 2.51. The zero-order valence-electron chi connectivity index (χ0n) is 14.4. The average molecular weight is 336 g/mol. The summed E-state index contributed by atoms with van der Waals surface area (Å²) >= 11 is 0. The molecular weight excluding hydrogens is 310 g/mol. The van der Waals surface area contributed by atoms with Gasteiger partial charge in [-0.05, 0) is 43.9 Å². The van der Waals surface area contributed by atoms with Crippen molar-refractivity contribution in [2.75, 3.05) is 19.8 Å². The minimum absolute atomic E-state index is 0.0588. The van der Waals surface area contributed by atoms with Crippen molar-refractivity contribution in [3.63, 3.8) is 0 Å². The number of carboxylic acids is 1. The Bertz CT molecular complexity index is 530. The first-order chi connectivity index (χ1) is 11.6. The van der Waals surface area contributed by atoms with Gasteiger partial charge in [-0.25, -0.2) is 0 Å². The predicted molar refractivity (Wildman–Crippen MR) is 89.0 cm³/mol. The van der Waals surface area contributed by atoms with E-state index in [1.807, 2.05) is 25.1 Å². The Kier molecular flexibility index (Phi) is 9.34. The van der Waals surface area contributed by atoms with Gasteiger partial charge in [0.25, 0.3) is 0 Å². The van der Waals surface area contributed by atoms with Crippen molar-refractivity contribution in [1.29, 1.82) is 0 Å². The standard InChI is InChI=1S/C18H27NO5/c1-3-5-12-24-15-7-6-14(13-16(15)23-4-2)10-11-19-17(20)8-9-18(21)22/h6-7,13H,3-5,8-12H2,1-2H3,(H,19,20)(H,21,22)/p-1. The van der Waals surface area contributed by atoms with E-state index in [-0.39, 0.29) is 18.7 Å². The molecule has 0 aromatic heterocycles. The van der Waals surface area contributed by atoms with Gasteiger partial charge in [0.1, 0.15) is 0 Å². The molecule has 0 unspecified atom stereocenters. The molecule has 0 aliphatic rings. The van der Waals surface area contributed by atoms with E-state index in [0.717, 1.165) is 24.2 Å². The van der Waals surface area contributed by atoms with E-state index in [1.54, 1.807) is 0 Å². The maximum absolute atomic E-state index is 11.5. The molecule has 0 aliphatic carbocycles. The van der Waals surface area contributed by atoms with Gasteiger partial charge < -0.3 is 24.7 Å². The van der Waals surface area contributed by atoms with Gasteiger partial charge in [0.15, 0.2) is 11.5 Å². The van der Waals surface area contributed by atoms with Gasteiger partial charge >= 0.3 is 0 Å². The molecule has 6 heteroatoms. The van der Waals surface area contributed by atoms with Crippen LogP contribution in [0.5, 0.6) is 11.5 Å². The lowest BCUT2D eigenvalue weighted by molar-refractivity contribution is -0.305. The number of hydrogen-bond donors (Lipinski definition) is 1. The van der Waals surface area contributed by atoms with Crippen LogP contribution in [-0.4, -0.2) is 31.6 Å². The van der Waals surface area contributed by atoms with Crippen LogP contribution in [0.1, 0.15) is 45.1 Å². The summed E-state index contributed by atoms with van der Waals surface area (Å²) in [6.45, 7) is 5.67. The molecule has 0 spiro atoms. The summed E-state index contributed by atoms with van der Waals surface area (Å²) in [5, 5.41) is 13.0. The van der Waals surface area contributed by atoms with Crippen LogP contribution in [0.2, 0.25) is 0 Å². The van der Waals surface area contributed by atoms with Crippen LogP contribution in [-0.2, 0) is 16.0 Å². The van der Waals surface area contributed by atoms with Gasteiger partial charge in [-0.15, -0.1) is 0 Å². The lowest BCUT2D eigenvalue weighted by Crippen LogP contribution is -2.29. The molecule has 0 saturated heterocycles. The van der Waals surface area contributed by atoms with Crippen molar-refractivity contribution >= 4 is 11.9 Å². The molecule has 1 N–H and O–H groups in total. The summed E-state index contributed by atoms with van der Waals surface area (Å²) in [5.41, 5.74) is 1.02. The highest BCUT2D eigenvalue weighted by atomic mass is 16.5. The molecule has 0 radical (unpaired) electrons. The Labute approximate surface area is 143 Å². The number of hydrogen-bond acceptors (Lipinski definition) is 5. The monoisotopic (exact) mass is 336 g/mol. The lowest BCUT2D eigenvalue weighted by atomic mass is 10.1. The Hall–Kier alpha value is -2.24. The van der Waals surface area contributed by atoms with Crippen LogP contribution >= 0.6 is 0 Å². The molecule has 0 fully saturated rings. The third-order valence-corrected chi connectivity index (χ3v) is 3.36. The molecule has 1 aromatic carbocycles. The predicted octanol–water partition coefficient (Wildman–Crippen LogP) is 1.45. The van der Waals surface area contributed by atoms with E-state index in [4.69, 9.17) is 9.47 Å². The molecule has 0 bridgehead atoms. The number of carbonyl (C=O) groups excluding carboxylic acids is 2. The zero-order chi connectivity index (χ0) is 17.8. The van der Waals surface area contributed by atoms with E-state index >= 15 is 0 Å². The van der Waals surface area contributed by atoms with Crippen molar-refractivity contribution in [3.05, 3.63) is 23.8 Å². The maximum atomic E-state index is 11.5. The van der Waals surface area contributed by atoms with E-state index in [2.05, 4.69) is 12.2 Å². The summed E-state index contributed by atoms with van der Waals surface area (Å²) in [5.74, 6) is -0.0738. The smallest absolute Gasteiger partial charge is 0.220 e. The van der Waals surface area contributed by atoms with Crippen LogP contribution in [0.4, 0.5) is 0 Å². The molecule has 1 amide bonds. The average Bonchev–Trinajstić information content (AvgIpc) is 2.55. The fourth-order valence-corrected chi connectivity index (χ4v) is 2.07. The molecule has 1 aromatic rings. The van der Waals surface area contributed by atoms with Gasteiger partial charge in [-0.3, -0.25) is 4.79 Å². The van der Waals surface area contributed by atoms with Crippen LogP contribution < -0.4 is 19.9 Å². The van der Waals surface area contributed by atoms with Gasteiger partial charge in [-0.2, -0.15) is 0 Å². The fraction of sp³-hybridized carbons (Fsp3) is 0.556. The summed E-state index contributed by atoms with van der Waals surface area (Å²) in [6, 6.07) is 5.74. The summed E-state index contributed by atoms with van der Waals surface area (Å²) in [6.07, 6.45) is 2.37. The molecule has 0 atom stereocenters. The summed E-state index contributed by atoms with van der Waals surface area (Å²) in [7, 11) is 0. The molecule has 0 saturated carbocycles. The SMILES string of the molecule is CCCCOc1ccc(CCNC(=O)CCC(=O)[O-])cc1OCC. The topological polar surface area (TPSA) is 87.7 Å². The van der Waals surface area contributed by atoms with Gasteiger partial charge in [0, 0.05) is 18.9 Å². The molecule has 134 valence electrons. The first-order valence-corrected chi connectivity index (χ1v) is 8.41. The third-order valence-electron chi connectivity index (χ3n) is 3.36. The number of ether oxygens (including phenoxy) is 2. The zero-order valence-corrected chi connectivity index (χ0v) is 14.4. The number of nitrogens with one attached hydrogen (secondary N) is 1. The van der Waals surface area contributed by atoms with Crippen molar-refractivity contribution in [2.45, 2.75) is 46.0 Å². The first-order valence-electron chi connectivity index (χ1n) is 8.41. The second-order valence-electron chi connectivity index (χ2n) is 5.39. The fourth-order valence-electron chi connectivity index (χ4n) is 2.07. The van der Waals surface area contributed by atoms with Gasteiger partial charge in [0.05, 0.1) is 13.2 Å². The van der Waals surface area contributed by atoms with Gasteiger partial charge in [-0.1, -0.05) is 19.4 Å². The van der Waals surface area contributed by atoms with Crippen molar-refractivity contribution in [2.24, 2.45) is 0 Å². The highest BCUT2D eigenvalue weighted by molar-refractivity contribution is 5.79. The normalized spacial score (nSPS) is 10.2. The number of rotatable bonds is 12. The number of benzene rings is 1. The first kappa shape index (κ1) is 19.8. The largest absolute Gasteiger partial charge is 0.550 e. The number of amides is 1. The summed E-state index contributed by atoms with van der Waals surface area (Å²) < 4.78 is 11.3. The highest BCUT2D eigenvalue weighted by Crippen LogP contribution is 2.28. The molecular formula is C18H26NO5-. The lowest BCUT2D eigenvalue weighted by Gasteiger charge is -2.13. The summed E-state index contributed by atoms with van der Waals surface area (Å²) in [4.78, 5) is 21.8. The molecule has 24 heavy (non-hydrogen) atoms. The van der Waals surface area contributed by atoms with Crippen LogP contribution in [0.25, 0.3) is 0 Å². The Morgan fingerprint density at radius 3 is 2.58 bits per heavy atom. The van der Waals surface area contributed by atoms with E-state index in [1.165, 1.54) is 0 Å². The number of unbranched alkanes of at least 4 members (excludes halogenated alkanes) is 1.